The summed E-state index contributed by atoms with van der Waals surface area (Å²) in [6, 6.07) is 9.32. The molecule has 0 radical (unpaired) electrons. The maximum absolute atomic E-state index is 13.3. The normalized spacial score (nSPS) is 23.2. The van der Waals surface area contributed by atoms with Gasteiger partial charge in [-0.05, 0) is 56.6 Å². The average Bonchev–Trinajstić information content (AvgIpc) is 3.17. The highest BCUT2D eigenvalue weighted by Crippen LogP contribution is 2.40. The first-order valence-corrected chi connectivity index (χ1v) is 14.0. The van der Waals surface area contributed by atoms with Crippen LogP contribution in [0, 0.1) is 5.82 Å². The van der Waals surface area contributed by atoms with Crippen LogP contribution in [0.3, 0.4) is 0 Å². The van der Waals surface area contributed by atoms with Gasteiger partial charge in [-0.25, -0.2) is 4.39 Å². The van der Waals surface area contributed by atoms with Gasteiger partial charge in [0.25, 0.3) is 0 Å². The summed E-state index contributed by atoms with van der Waals surface area (Å²) < 4.78 is 18.5. The summed E-state index contributed by atoms with van der Waals surface area (Å²) >= 11 is 0. The topological polar surface area (TPSA) is 81.2 Å². The molecule has 2 atom stereocenters. The van der Waals surface area contributed by atoms with Crippen molar-refractivity contribution in [3.8, 4) is 0 Å². The highest BCUT2D eigenvalue weighted by molar-refractivity contribution is 5.97. The van der Waals surface area contributed by atoms with Crippen molar-refractivity contribution in [1.29, 1.82) is 0 Å². The molecule has 0 bridgehead atoms. The third-order valence-corrected chi connectivity index (χ3v) is 7.93. The van der Waals surface area contributed by atoms with Crippen LogP contribution in [0.25, 0.3) is 0 Å². The molecule has 2 N–H and O–H groups in total. The van der Waals surface area contributed by atoms with Crippen LogP contribution >= 0.6 is 0 Å². The third-order valence-electron chi connectivity index (χ3n) is 7.93. The van der Waals surface area contributed by atoms with Crippen LogP contribution in [0.5, 0.6) is 0 Å². The lowest BCUT2D eigenvalue weighted by Gasteiger charge is -2.32. The number of ether oxygens (including phenoxy) is 1. The van der Waals surface area contributed by atoms with Crippen molar-refractivity contribution in [2.45, 2.75) is 58.2 Å². The monoisotopic (exact) mass is 541 g/mol. The molecule has 214 valence electrons. The first-order chi connectivity index (χ1) is 18.6. The van der Waals surface area contributed by atoms with E-state index >= 15 is 0 Å². The number of fused-ring (bicyclic) bond motifs is 1. The molecule has 0 aliphatic carbocycles. The SMILES string of the molecule is CC1CN(CC(=O)N2CC(C)(C)c3nc(CO)c(Cc4ccc(F)cc4)cc32)CCN1.CC1COCCN1C. The van der Waals surface area contributed by atoms with Crippen LogP contribution in [0.2, 0.25) is 0 Å². The van der Waals surface area contributed by atoms with Gasteiger partial charge in [-0.15, -0.1) is 0 Å². The van der Waals surface area contributed by atoms with Crippen molar-refractivity contribution < 1.29 is 19.0 Å². The van der Waals surface area contributed by atoms with Gasteiger partial charge >= 0.3 is 0 Å². The molecular formula is C30H44FN5O3. The van der Waals surface area contributed by atoms with Crippen molar-refractivity contribution in [1.82, 2.24) is 20.1 Å². The molecule has 0 saturated carbocycles. The zero-order valence-electron chi connectivity index (χ0n) is 24.0. The van der Waals surface area contributed by atoms with Crippen LogP contribution in [0.15, 0.2) is 30.3 Å². The summed E-state index contributed by atoms with van der Waals surface area (Å²) in [6.45, 7) is 14.7. The van der Waals surface area contributed by atoms with Crippen LogP contribution in [0.1, 0.15) is 50.2 Å². The number of aliphatic hydroxyl groups excluding tert-OH is 1. The van der Waals surface area contributed by atoms with Gasteiger partial charge in [-0.3, -0.25) is 19.6 Å². The van der Waals surface area contributed by atoms with Gasteiger partial charge in [0, 0.05) is 50.2 Å². The van der Waals surface area contributed by atoms with Crippen molar-refractivity contribution in [2.24, 2.45) is 0 Å². The van der Waals surface area contributed by atoms with Crippen LogP contribution in [0.4, 0.5) is 10.1 Å². The Balaban J connectivity index is 0.000000379. The second-order valence-corrected chi connectivity index (χ2v) is 11.8. The largest absolute Gasteiger partial charge is 0.390 e. The maximum Gasteiger partial charge on any atom is 0.241 e. The average molecular weight is 542 g/mol. The number of hydrogen-bond acceptors (Lipinski definition) is 7. The lowest BCUT2D eigenvalue weighted by atomic mass is 9.90. The van der Waals surface area contributed by atoms with E-state index in [0.717, 1.165) is 61.9 Å². The predicted molar refractivity (Wildman–Crippen MR) is 152 cm³/mol. The number of aliphatic hydroxyl groups is 1. The number of rotatable bonds is 5. The molecular weight excluding hydrogens is 497 g/mol. The fourth-order valence-electron chi connectivity index (χ4n) is 5.42. The number of halogens is 1. The Morgan fingerprint density at radius 3 is 2.59 bits per heavy atom. The maximum atomic E-state index is 13.3. The van der Waals surface area contributed by atoms with E-state index in [0.29, 0.717) is 37.3 Å². The number of pyridine rings is 1. The molecule has 0 spiro atoms. The van der Waals surface area contributed by atoms with Gasteiger partial charge < -0.3 is 20.1 Å². The van der Waals surface area contributed by atoms with Crippen molar-refractivity contribution in [3.63, 3.8) is 0 Å². The number of morpholine rings is 1. The number of amides is 1. The molecule has 8 nitrogen and oxygen atoms in total. The fraction of sp³-hybridized carbons (Fsp3) is 0.600. The van der Waals surface area contributed by atoms with Gasteiger partial charge in [0.1, 0.15) is 5.82 Å². The van der Waals surface area contributed by atoms with Crippen LogP contribution in [-0.4, -0.2) is 97.4 Å². The predicted octanol–water partition coefficient (Wildman–Crippen LogP) is 2.56. The van der Waals surface area contributed by atoms with Crippen molar-refractivity contribution in [3.05, 3.63) is 58.7 Å². The number of hydrogen-bond donors (Lipinski definition) is 2. The Kier molecular flexibility index (Phi) is 9.72. The Hall–Kier alpha value is -2.43. The molecule has 2 saturated heterocycles. The van der Waals surface area contributed by atoms with E-state index in [2.05, 4.69) is 49.9 Å². The zero-order chi connectivity index (χ0) is 28.2. The number of benzene rings is 1. The number of carbonyl (C=O) groups is 1. The molecule has 2 unspecified atom stereocenters. The molecule has 1 amide bonds. The minimum atomic E-state index is -0.292. The van der Waals surface area contributed by atoms with Crippen LogP contribution in [-0.2, 0) is 28.0 Å². The van der Waals surface area contributed by atoms with E-state index in [-0.39, 0.29) is 23.7 Å². The summed E-state index contributed by atoms with van der Waals surface area (Å²) in [5, 5.41) is 13.3. The number of aromatic nitrogens is 1. The Morgan fingerprint density at radius 2 is 1.97 bits per heavy atom. The first-order valence-electron chi connectivity index (χ1n) is 14.0. The molecule has 1 aromatic carbocycles. The van der Waals surface area contributed by atoms with E-state index in [1.807, 2.05) is 11.0 Å². The highest BCUT2D eigenvalue weighted by atomic mass is 19.1. The van der Waals surface area contributed by atoms with Crippen molar-refractivity contribution >= 4 is 11.6 Å². The zero-order valence-corrected chi connectivity index (χ0v) is 24.0. The van der Waals surface area contributed by atoms with E-state index in [1.54, 1.807) is 12.1 Å². The number of anilines is 1. The van der Waals surface area contributed by atoms with E-state index in [4.69, 9.17) is 9.72 Å². The second kappa shape index (κ2) is 12.8. The lowest BCUT2D eigenvalue weighted by molar-refractivity contribution is -0.120. The molecule has 4 heterocycles. The number of nitrogens with zero attached hydrogens (tertiary/aromatic N) is 4. The summed E-state index contributed by atoms with van der Waals surface area (Å²) in [7, 11) is 2.13. The van der Waals surface area contributed by atoms with E-state index in [1.165, 1.54) is 12.1 Å². The Labute approximate surface area is 232 Å². The number of piperazine rings is 1. The molecule has 3 aliphatic heterocycles. The molecule has 9 heteroatoms. The summed E-state index contributed by atoms with van der Waals surface area (Å²) in [4.78, 5) is 24.4. The Morgan fingerprint density at radius 1 is 1.23 bits per heavy atom. The standard InChI is InChI=1S/C24H31FN4O2.C6H13NO/c1-16-12-28(9-8-26-16)13-22(31)29-15-24(2,3)23-21(29)11-18(20(14-30)27-23)10-17-4-6-19(25)7-5-17;1-6-5-8-4-3-7(6)2/h4-7,11,16,26,30H,8-10,12-15H2,1-3H3;6H,3-5H2,1-2H3. The van der Waals surface area contributed by atoms with Gasteiger partial charge in [0.15, 0.2) is 0 Å². The first kappa shape index (κ1) is 29.6. The van der Waals surface area contributed by atoms with Gasteiger partial charge in [-0.2, -0.15) is 0 Å². The molecule has 39 heavy (non-hydrogen) atoms. The van der Waals surface area contributed by atoms with E-state index < -0.39 is 0 Å². The molecule has 3 aliphatic rings. The molecule has 5 rings (SSSR count). The molecule has 2 fully saturated rings. The van der Waals surface area contributed by atoms with Crippen LogP contribution < -0.4 is 10.2 Å². The second-order valence-electron chi connectivity index (χ2n) is 11.8. The highest BCUT2D eigenvalue weighted by Gasteiger charge is 2.40. The number of nitrogens with one attached hydrogen (secondary N) is 1. The minimum absolute atomic E-state index is 0.0761. The fourth-order valence-corrected chi connectivity index (χ4v) is 5.42. The smallest absolute Gasteiger partial charge is 0.241 e. The lowest BCUT2D eigenvalue weighted by Crippen LogP contribution is -2.52. The summed E-state index contributed by atoms with van der Waals surface area (Å²) in [6.07, 6.45) is 0.522. The van der Waals surface area contributed by atoms with Gasteiger partial charge in [0.2, 0.25) is 5.91 Å². The summed E-state index contributed by atoms with van der Waals surface area (Å²) in [5.41, 5.74) is 3.79. The van der Waals surface area contributed by atoms with Gasteiger partial charge in [0.05, 0.1) is 43.4 Å². The van der Waals surface area contributed by atoms with Gasteiger partial charge in [-0.1, -0.05) is 26.0 Å². The minimum Gasteiger partial charge on any atom is -0.390 e. The third kappa shape index (κ3) is 7.41. The number of likely N-dealkylation sites (N-methyl/N-ethyl adjacent to an activating group) is 1. The van der Waals surface area contributed by atoms with Crippen molar-refractivity contribution in [2.75, 3.05) is 64.4 Å². The van der Waals surface area contributed by atoms with E-state index in [9.17, 15) is 14.3 Å². The number of carbonyl (C=O) groups excluding carboxylic acids is 1. The Bertz CT molecular complexity index is 1120. The quantitative estimate of drug-likeness (QED) is 0.602. The summed E-state index contributed by atoms with van der Waals surface area (Å²) in [5.74, 6) is -0.203. The molecule has 1 aromatic heterocycles. The molecule has 2 aromatic rings.